The number of aryl methyl sites for hydroxylation is 2. The maximum atomic E-state index is 12.8. The van der Waals surface area contributed by atoms with Crippen molar-refractivity contribution >= 4 is 5.91 Å². The molecule has 29 heavy (non-hydrogen) atoms. The summed E-state index contributed by atoms with van der Waals surface area (Å²) in [5.74, 6) is -0.126. The third-order valence-electron chi connectivity index (χ3n) is 5.68. The second kappa shape index (κ2) is 8.62. The van der Waals surface area contributed by atoms with Gasteiger partial charge in [-0.15, -0.1) is 0 Å². The number of hydrogen-bond acceptors (Lipinski definition) is 3. The number of hydrogen-bond donors (Lipinski definition) is 1. The van der Waals surface area contributed by atoms with Crippen LogP contribution in [0.1, 0.15) is 40.5 Å². The number of nitrogens with one attached hydrogen (secondary N) is 1. The molecule has 0 radical (unpaired) electrons. The Hall–Kier alpha value is -2.92. The fraction of sp³-hybridized carbons (Fsp3) is 0.333. The first kappa shape index (κ1) is 19.4. The molecule has 4 rings (SSSR count). The molecule has 0 aliphatic carbocycles. The monoisotopic (exact) mass is 388 g/mol. The summed E-state index contributed by atoms with van der Waals surface area (Å²) in [7, 11) is 1.88. The van der Waals surface area contributed by atoms with Gasteiger partial charge in [0.25, 0.3) is 5.91 Å². The van der Waals surface area contributed by atoms with Crippen LogP contribution >= 0.6 is 0 Å². The van der Waals surface area contributed by atoms with E-state index in [1.807, 2.05) is 19.2 Å². The number of benzene rings is 2. The average molecular weight is 389 g/mol. The van der Waals surface area contributed by atoms with Crippen LogP contribution in [0.25, 0.3) is 11.3 Å². The number of rotatable bonds is 6. The molecule has 1 aliphatic rings. The van der Waals surface area contributed by atoms with Crippen LogP contribution < -0.4 is 5.32 Å². The molecule has 1 fully saturated rings. The predicted octanol–water partition coefficient (Wildman–Crippen LogP) is 3.96. The van der Waals surface area contributed by atoms with Crippen LogP contribution in [-0.2, 0) is 7.05 Å². The van der Waals surface area contributed by atoms with Gasteiger partial charge in [-0.25, -0.2) is 0 Å². The van der Waals surface area contributed by atoms with E-state index in [0.29, 0.717) is 12.2 Å². The third-order valence-corrected chi connectivity index (χ3v) is 5.68. The molecule has 1 atom stereocenters. The summed E-state index contributed by atoms with van der Waals surface area (Å²) in [6, 6.07) is 20.8. The van der Waals surface area contributed by atoms with Crippen molar-refractivity contribution in [2.45, 2.75) is 25.8 Å². The number of carbonyl (C=O) groups is 1. The summed E-state index contributed by atoms with van der Waals surface area (Å²) < 4.78 is 1.77. The van der Waals surface area contributed by atoms with Gasteiger partial charge in [0.1, 0.15) is 0 Å². The molecule has 1 aliphatic heterocycles. The Morgan fingerprint density at radius 3 is 2.45 bits per heavy atom. The molecular formula is C24H28N4O. The van der Waals surface area contributed by atoms with E-state index in [4.69, 9.17) is 0 Å². The van der Waals surface area contributed by atoms with E-state index in [1.165, 1.54) is 24.0 Å². The lowest BCUT2D eigenvalue weighted by Crippen LogP contribution is -2.37. The number of amides is 1. The Bertz CT molecular complexity index is 956. The van der Waals surface area contributed by atoms with Gasteiger partial charge in [0.15, 0.2) is 5.69 Å². The second-order valence-electron chi connectivity index (χ2n) is 7.78. The highest BCUT2D eigenvalue weighted by Crippen LogP contribution is 2.25. The first-order valence-corrected chi connectivity index (χ1v) is 10.3. The van der Waals surface area contributed by atoms with Gasteiger partial charge in [-0.1, -0.05) is 60.2 Å². The van der Waals surface area contributed by atoms with Crippen LogP contribution in [0.15, 0.2) is 60.7 Å². The Morgan fingerprint density at radius 1 is 1.07 bits per heavy atom. The second-order valence-corrected chi connectivity index (χ2v) is 7.78. The molecule has 5 heteroatoms. The molecule has 0 saturated carbocycles. The minimum Gasteiger partial charge on any atom is -0.349 e. The predicted molar refractivity (Wildman–Crippen MR) is 116 cm³/mol. The lowest BCUT2D eigenvalue weighted by Gasteiger charge is -2.28. The minimum absolute atomic E-state index is 0.126. The maximum absolute atomic E-state index is 12.8. The summed E-state index contributed by atoms with van der Waals surface area (Å²) in [6.45, 7) is 4.81. The van der Waals surface area contributed by atoms with Crippen molar-refractivity contribution in [3.63, 3.8) is 0 Å². The van der Waals surface area contributed by atoms with Crippen LogP contribution in [-0.4, -0.2) is 40.2 Å². The number of nitrogens with zero attached hydrogens (tertiary/aromatic N) is 3. The highest BCUT2D eigenvalue weighted by atomic mass is 16.1. The van der Waals surface area contributed by atoms with Gasteiger partial charge in [-0.05, 0) is 50.0 Å². The van der Waals surface area contributed by atoms with Gasteiger partial charge in [-0.2, -0.15) is 5.10 Å². The summed E-state index contributed by atoms with van der Waals surface area (Å²) in [5, 5.41) is 7.57. The zero-order chi connectivity index (χ0) is 20.2. The van der Waals surface area contributed by atoms with Crippen molar-refractivity contribution in [2.75, 3.05) is 19.6 Å². The Labute approximate surface area is 172 Å². The first-order valence-electron chi connectivity index (χ1n) is 10.3. The first-order chi connectivity index (χ1) is 14.1. The molecule has 0 bridgehead atoms. The van der Waals surface area contributed by atoms with E-state index in [1.54, 1.807) is 4.68 Å². The van der Waals surface area contributed by atoms with E-state index in [-0.39, 0.29) is 11.9 Å². The number of aromatic nitrogens is 2. The van der Waals surface area contributed by atoms with Crippen LogP contribution in [0.2, 0.25) is 0 Å². The SMILES string of the molecule is Cc1ccc(-c2cc(C(=O)NCC(c3ccccc3)N3CCCC3)nn2C)cc1. The fourth-order valence-corrected chi connectivity index (χ4v) is 4.04. The van der Waals surface area contributed by atoms with E-state index in [0.717, 1.165) is 24.3 Å². The van der Waals surface area contributed by atoms with Gasteiger partial charge in [0.05, 0.1) is 11.7 Å². The summed E-state index contributed by atoms with van der Waals surface area (Å²) in [5.41, 5.74) is 4.91. The number of likely N-dealkylation sites (tertiary alicyclic amines) is 1. The van der Waals surface area contributed by atoms with Crippen molar-refractivity contribution < 1.29 is 4.79 Å². The molecule has 2 aromatic carbocycles. The van der Waals surface area contributed by atoms with Crippen LogP contribution in [0.3, 0.4) is 0 Å². The maximum Gasteiger partial charge on any atom is 0.271 e. The lowest BCUT2D eigenvalue weighted by molar-refractivity contribution is 0.0932. The Kier molecular flexibility index (Phi) is 5.76. The van der Waals surface area contributed by atoms with Gasteiger partial charge >= 0.3 is 0 Å². The zero-order valence-electron chi connectivity index (χ0n) is 17.1. The van der Waals surface area contributed by atoms with Gasteiger partial charge in [0, 0.05) is 13.6 Å². The van der Waals surface area contributed by atoms with Crippen LogP contribution in [0.5, 0.6) is 0 Å². The largest absolute Gasteiger partial charge is 0.349 e. The average Bonchev–Trinajstić information content (AvgIpc) is 3.40. The standard InChI is InChI=1S/C24H28N4O/c1-18-10-12-20(13-11-18)22-16-21(26-27(22)2)24(29)25-17-23(28-14-6-7-15-28)19-8-4-3-5-9-19/h3-5,8-13,16,23H,6-7,14-15,17H2,1-2H3,(H,25,29). The molecule has 2 heterocycles. The topological polar surface area (TPSA) is 50.2 Å². The van der Waals surface area contributed by atoms with Crippen molar-refractivity contribution in [1.29, 1.82) is 0 Å². The van der Waals surface area contributed by atoms with E-state index in [9.17, 15) is 4.79 Å². The molecule has 1 saturated heterocycles. The minimum atomic E-state index is -0.126. The highest BCUT2D eigenvalue weighted by molar-refractivity contribution is 5.93. The fourth-order valence-electron chi connectivity index (χ4n) is 4.04. The van der Waals surface area contributed by atoms with Gasteiger partial charge in [-0.3, -0.25) is 14.4 Å². The summed E-state index contributed by atoms with van der Waals surface area (Å²) in [4.78, 5) is 15.3. The van der Waals surface area contributed by atoms with E-state index >= 15 is 0 Å². The normalized spacial score (nSPS) is 15.4. The van der Waals surface area contributed by atoms with Gasteiger partial charge in [0.2, 0.25) is 0 Å². The van der Waals surface area contributed by atoms with Crippen molar-refractivity contribution in [2.24, 2.45) is 7.05 Å². The van der Waals surface area contributed by atoms with Crippen LogP contribution in [0, 0.1) is 6.92 Å². The van der Waals surface area contributed by atoms with Crippen molar-refractivity contribution in [3.8, 4) is 11.3 Å². The van der Waals surface area contributed by atoms with E-state index < -0.39 is 0 Å². The molecule has 0 spiro atoms. The quantitative estimate of drug-likeness (QED) is 0.695. The molecule has 1 unspecified atom stereocenters. The molecule has 3 aromatic rings. The molecule has 1 amide bonds. The molecule has 5 nitrogen and oxygen atoms in total. The number of carbonyl (C=O) groups excluding carboxylic acids is 1. The van der Waals surface area contributed by atoms with Crippen molar-refractivity contribution in [3.05, 3.63) is 77.5 Å². The summed E-state index contributed by atoms with van der Waals surface area (Å²) in [6.07, 6.45) is 2.44. The lowest BCUT2D eigenvalue weighted by atomic mass is 10.1. The smallest absolute Gasteiger partial charge is 0.271 e. The highest BCUT2D eigenvalue weighted by Gasteiger charge is 2.24. The van der Waals surface area contributed by atoms with E-state index in [2.05, 4.69) is 70.8 Å². The Balaban J connectivity index is 1.48. The summed E-state index contributed by atoms with van der Waals surface area (Å²) >= 11 is 0. The molecule has 1 aromatic heterocycles. The molecule has 1 N–H and O–H groups in total. The Morgan fingerprint density at radius 2 is 1.76 bits per heavy atom. The molecule has 150 valence electrons. The molecular weight excluding hydrogens is 360 g/mol. The van der Waals surface area contributed by atoms with Crippen LogP contribution in [0.4, 0.5) is 0 Å². The zero-order valence-corrected chi connectivity index (χ0v) is 17.1. The third kappa shape index (κ3) is 4.40. The van der Waals surface area contributed by atoms with Crippen molar-refractivity contribution in [1.82, 2.24) is 20.0 Å². The van der Waals surface area contributed by atoms with Gasteiger partial charge < -0.3 is 5.32 Å².